The molecule has 3 heterocycles. The molecule has 138 valence electrons. The first-order valence-corrected chi connectivity index (χ1v) is 9.33. The summed E-state index contributed by atoms with van der Waals surface area (Å²) in [5.74, 6) is -0.220. The highest BCUT2D eigenvalue weighted by molar-refractivity contribution is 6.07. The highest BCUT2D eigenvalue weighted by Gasteiger charge is 2.18. The number of hydrogen-bond donors (Lipinski definition) is 1. The van der Waals surface area contributed by atoms with E-state index in [1.54, 1.807) is 12.4 Å². The molecule has 0 bridgehead atoms. The molecule has 6 heteroatoms. The van der Waals surface area contributed by atoms with Crippen LogP contribution < -0.4 is 10.2 Å². The minimum Gasteiger partial charge on any atom is -0.369 e. The van der Waals surface area contributed by atoms with E-state index in [-0.39, 0.29) is 5.91 Å². The molecule has 1 aromatic carbocycles. The number of rotatable bonds is 4. The van der Waals surface area contributed by atoms with E-state index >= 15 is 0 Å². The first kappa shape index (κ1) is 17.4. The molecule has 4 rings (SSSR count). The van der Waals surface area contributed by atoms with Gasteiger partial charge in [-0.15, -0.1) is 0 Å². The van der Waals surface area contributed by atoms with Crippen LogP contribution in [-0.2, 0) is 0 Å². The molecule has 1 saturated heterocycles. The van der Waals surface area contributed by atoms with Gasteiger partial charge in [0.05, 0.1) is 11.2 Å². The van der Waals surface area contributed by atoms with E-state index < -0.39 is 0 Å². The molecule has 1 N–H and O–H groups in total. The SMILES string of the molecule is CCN1CCN(c2ccnc(C(=O)Nc3cccc4cccnc34)c2)CC1. The summed E-state index contributed by atoms with van der Waals surface area (Å²) in [4.78, 5) is 26.2. The molecule has 2 aromatic heterocycles. The summed E-state index contributed by atoms with van der Waals surface area (Å²) in [5.41, 5.74) is 2.93. The van der Waals surface area contributed by atoms with Crippen LogP contribution in [0.2, 0.25) is 0 Å². The number of piperazine rings is 1. The third kappa shape index (κ3) is 3.75. The van der Waals surface area contributed by atoms with Gasteiger partial charge in [-0.25, -0.2) is 0 Å². The molecule has 0 saturated carbocycles. The van der Waals surface area contributed by atoms with Crippen LogP contribution in [-0.4, -0.2) is 53.5 Å². The number of amides is 1. The second kappa shape index (κ2) is 7.72. The van der Waals surface area contributed by atoms with Gasteiger partial charge in [0.15, 0.2) is 0 Å². The Labute approximate surface area is 158 Å². The first-order valence-electron chi connectivity index (χ1n) is 9.33. The molecule has 1 amide bonds. The van der Waals surface area contributed by atoms with Crippen molar-refractivity contribution in [3.63, 3.8) is 0 Å². The number of carbonyl (C=O) groups excluding carboxylic acids is 1. The Morgan fingerprint density at radius 1 is 1.04 bits per heavy atom. The second-order valence-corrected chi connectivity index (χ2v) is 6.66. The maximum atomic E-state index is 12.8. The maximum Gasteiger partial charge on any atom is 0.274 e. The molecule has 0 atom stereocenters. The smallest absolute Gasteiger partial charge is 0.274 e. The number of fused-ring (bicyclic) bond motifs is 1. The number of nitrogens with one attached hydrogen (secondary N) is 1. The first-order chi connectivity index (χ1) is 13.2. The highest BCUT2D eigenvalue weighted by atomic mass is 16.1. The largest absolute Gasteiger partial charge is 0.369 e. The van der Waals surface area contributed by atoms with Gasteiger partial charge in [0.25, 0.3) is 5.91 Å². The zero-order valence-corrected chi connectivity index (χ0v) is 15.4. The minimum atomic E-state index is -0.220. The lowest BCUT2D eigenvalue weighted by Crippen LogP contribution is -2.46. The van der Waals surface area contributed by atoms with Gasteiger partial charge in [0, 0.05) is 49.6 Å². The van der Waals surface area contributed by atoms with Crippen molar-refractivity contribution in [2.45, 2.75) is 6.92 Å². The molecule has 0 aliphatic carbocycles. The summed E-state index contributed by atoms with van der Waals surface area (Å²) >= 11 is 0. The van der Waals surface area contributed by atoms with E-state index in [2.05, 4.69) is 32.0 Å². The lowest BCUT2D eigenvalue weighted by molar-refractivity contribution is 0.102. The normalized spacial score (nSPS) is 15.1. The van der Waals surface area contributed by atoms with Gasteiger partial charge in [0.1, 0.15) is 5.69 Å². The number of para-hydroxylation sites is 1. The summed E-state index contributed by atoms with van der Waals surface area (Å²) < 4.78 is 0. The van der Waals surface area contributed by atoms with E-state index in [1.165, 1.54) is 0 Å². The van der Waals surface area contributed by atoms with Crippen molar-refractivity contribution in [2.75, 3.05) is 42.9 Å². The molecule has 3 aromatic rings. The third-order valence-corrected chi connectivity index (χ3v) is 5.04. The standard InChI is InChI=1S/C21H23N5O/c1-2-25-11-13-26(14-12-25)17-8-10-22-19(15-17)21(27)24-18-7-3-5-16-6-4-9-23-20(16)18/h3-10,15H,2,11-14H2,1H3,(H,24,27). The van der Waals surface area contributed by atoms with Crippen LogP contribution in [0.1, 0.15) is 17.4 Å². The molecule has 0 unspecified atom stereocenters. The number of carbonyl (C=O) groups is 1. The van der Waals surface area contributed by atoms with Gasteiger partial charge < -0.3 is 15.1 Å². The van der Waals surface area contributed by atoms with E-state index in [9.17, 15) is 4.79 Å². The van der Waals surface area contributed by atoms with Crippen LogP contribution in [0.5, 0.6) is 0 Å². The van der Waals surface area contributed by atoms with E-state index in [0.29, 0.717) is 11.4 Å². The monoisotopic (exact) mass is 361 g/mol. The summed E-state index contributed by atoms with van der Waals surface area (Å²) in [7, 11) is 0. The Balaban J connectivity index is 1.52. The average Bonchev–Trinajstić information content (AvgIpc) is 2.74. The fourth-order valence-electron chi connectivity index (χ4n) is 3.45. The van der Waals surface area contributed by atoms with Gasteiger partial charge >= 0.3 is 0 Å². The van der Waals surface area contributed by atoms with Crippen LogP contribution in [0.25, 0.3) is 10.9 Å². The summed E-state index contributed by atoms with van der Waals surface area (Å²) in [6.07, 6.45) is 3.44. The quantitative estimate of drug-likeness (QED) is 0.774. The number of benzene rings is 1. The molecule has 1 aliphatic rings. The lowest BCUT2D eigenvalue weighted by Gasteiger charge is -2.35. The molecule has 6 nitrogen and oxygen atoms in total. The predicted octanol–water partition coefficient (Wildman–Crippen LogP) is 3.02. The van der Waals surface area contributed by atoms with Crippen LogP contribution in [0.15, 0.2) is 54.9 Å². The number of hydrogen-bond acceptors (Lipinski definition) is 5. The third-order valence-electron chi connectivity index (χ3n) is 5.04. The van der Waals surface area contributed by atoms with Crippen molar-refractivity contribution < 1.29 is 4.79 Å². The Morgan fingerprint density at radius 3 is 2.67 bits per heavy atom. The van der Waals surface area contributed by atoms with Crippen molar-refractivity contribution in [1.82, 2.24) is 14.9 Å². The minimum absolute atomic E-state index is 0.220. The molecule has 1 fully saturated rings. The fraction of sp³-hybridized carbons (Fsp3) is 0.286. The van der Waals surface area contributed by atoms with Crippen LogP contribution in [0.3, 0.4) is 0 Å². The van der Waals surface area contributed by atoms with Gasteiger partial charge in [-0.3, -0.25) is 14.8 Å². The average molecular weight is 361 g/mol. The van der Waals surface area contributed by atoms with E-state index in [1.807, 2.05) is 42.5 Å². The predicted molar refractivity (Wildman–Crippen MR) is 108 cm³/mol. The molecule has 0 spiro atoms. The van der Waals surface area contributed by atoms with Crippen LogP contribution >= 0.6 is 0 Å². The Morgan fingerprint density at radius 2 is 1.85 bits per heavy atom. The molecule has 1 aliphatic heterocycles. The number of pyridine rings is 2. The van der Waals surface area contributed by atoms with E-state index in [0.717, 1.165) is 49.3 Å². The molecule has 27 heavy (non-hydrogen) atoms. The maximum absolute atomic E-state index is 12.8. The molecule has 0 radical (unpaired) electrons. The zero-order chi connectivity index (χ0) is 18.6. The number of likely N-dealkylation sites (N-methyl/N-ethyl adjacent to an activating group) is 1. The zero-order valence-electron chi connectivity index (χ0n) is 15.4. The van der Waals surface area contributed by atoms with Crippen molar-refractivity contribution in [3.05, 3.63) is 60.6 Å². The summed E-state index contributed by atoms with van der Waals surface area (Å²) in [6.45, 7) is 7.28. The lowest BCUT2D eigenvalue weighted by atomic mass is 10.2. The van der Waals surface area contributed by atoms with Crippen molar-refractivity contribution in [1.29, 1.82) is 0 Å². The van der Waals surface area contributed by atoms with Gasteiger partial charge in [-0.05, 0) is 30.8 Å². The Kier molecular flexibility index (Phi) is 4.98. The molecular weight excluding hydrogens is 338 g/mol. The topological polar surface area (TPSA) is 61.4 Å². The van der Waals surface area contributed by atoms with Crippen molar-refractivity contribution >= 4 is 28.2 Å². The van der Waals surface area contributed by atoms with Crippen molar-refractivity contribution in [3.8, 4) is 0 Å². The number of nitrogens with zero attached hydrogens (tertiary/aromatic N) is 4. The van der Waals surface area contributed by atoms with Gasteiger partial charge in [-0.1, -0.05) is 25.1 Å². The fourth-order valence-corrected chi connectivity index (χ4v) is 3.45. The van der Waals surface area contributed by atoms with Crippen LogP contribution in [0, 0.1) is 0 Å². The summed E-state index contributed by atoms with van der Waals surface area (Å²) in [6, 6.07) is 13.5. The van der Waals surface area contributed by atoms with Crippen molar-refractivity contribution in [2.24, 2.45) is 0 Å². The van der Waals surface area contributed by atoms with Crippen LogP contribution in [0.4, 0.5) is 11.4 Å². The van der Waals surface area contributed by atoms with Gasteiger partial charge in [-0.2, -0.15) is 0 Å². The molecular formula is C21H23N5O. The summed E-state index contributed by atoms with van der Waals surface area (Å²) in [5, 5.41) is 3.95. The number of aromatic nitrogens is 2. The van der Waals surface area contributed by atoms with Gasteiger partial charge in [0.2, 0.25) is 0 Å². The Bertz CT molecular complexity index is 945. The highest BCUT2D eigenvalue weighted by Crippen LogP contribution is 2.22. The van der Waals surface area contributed by atoms with E-state index in [4.69, 9.17) is 0 Å². The second-order valence-electron chi connectivity index (χ2n) is 6.66. The number of anilines is 2. The Hall–Kier alpha value is -2.99.